The lowest BCUT2D eigenvalue weighted by molar-refractivity contribution is -0.116. The lowest BCUT2D eigenvalue weighted by Gasteiger charge is -2.22. The van der Waals surface area contributed by atoms with E-state index < -0.39 is 0 Å². The Labute approximate surface area is 175 Å². The first kappa shape index (κ1) is 18.4. The first-order valence-electron chi connectivity index (χ1n) is 10.2. The zero-order valence-electron chi connectivity index (χ0n) is 16.5. The number of para-hydroxylation sites is 1. The molecular formula is C23H24N4OS. The number of hydrogen-bond donors (Lipinski definition) is 0. The second kappa shape index (κ2) is 7.67. The molecule has 1 amide bonds. The number of amides is 1. The molecule has 0 spiro atoms. The van der Waals surface area contributed by atoms with Crippen molar-refractivity contribution in [1.29, 1.82) is 0 Å². The van der Waals surface area contributed by atoms with Crippen LogP contribution in [0.4, 0.5) is 5.69 Å². The van der Waals surface area contributed by atoms with Crippen molar-refractivity contribution < 1.29 is 4.79 Å². The molecule has 0 bridgehead atoms. The van der Waals surface area contributed by atoms with Crippen molar-refractivity contribution in [2.45, 2.75) is 49.8 Å². The van der Waals surface area contributed by atoms with Gasteiger partial charge in [0.2, 0.25) is 5.91 Å². The molecule has 6 heteroatoms. The Morgan fingerprint density at radius 3 is 2.62 bits per heavy atom. The van der Waals surface area contributed by atoms with Gasteiger partial charge < -0.3 is 9.47 Å². The van der Waals surface area contributed by atoms with Gasteiger partial charge in [0.15, 0.2) is 5.16 Å². The van der Waals surface area contributed by atoms with Crippen LogP contribution in [0.2, 0.25) is 0 Å². The van der Waals surface area contributed by atoms with Crippen LogP contribution in [-0.2, 0) is 17.8 Å². The van der Waals surface area contributed by atoms with Crippen molar-refractivity contribution in [3.05, 3.63) is 71.5 Å². The van der Waals surface area contributed by atoms with Crippen molar-refractivity contribution >= 4 is 23.4 Å². The quantitative estimate of drug-likeness (QED) is 0.576. The van der Waals surface area contributed by atoms with Crippen LogP contribution in [0.25, 0.3) is 0 Å². The molecule has 148 valence electrons. The number of thioether (sulfide) groups is 1. The number of hydrogen-bond acceptors (Lipinski definition) is 4. The van der Waals surface area contributed by atoms with E-state index in [0.717, 1.165) is 29.6 Å². The zero-order chi connectivity index (χ0) is 19.8. The summed E-state index contributed by atoms with van der Waals surface area (Å²) < 4.78 is 2.20. The number of benzene rings is 2. The maximum atomic E-state index is 13.1. The van der Waals surface area contributed by atoms with Crippen LogP contribution in [0.15, 0.2) is 59.8 Å². The highest BCUT2D eigenvalue weighted by Gasteiger charge is 2.32. The Morgan fingerprint density at radius 1 is 1.07 bits per heavy atom. The van der Waals surface area contributed by atoms with Crippen molar-refractivity contribution in [2.24, 2.45) is 0 Å². The molecule has 1 atom stereocenters. The standard InChI is InChI=1S/C23H24N4OS/c1-16-13-19-9-5-6-10-20(19)27(16)21(28)15-29-23-25-24-22(18-11-12-18)26(23)14-17-7-3-2-4-8-17/h2-10,16,18H,11-15H2,1H3. The third kappa shape index (κ3) is 3.69. The molecular weight excluding hydrogens is 380 g/mol. The van der Waals surface area contributed by atoms with E-state index in [1.807, 2.05) is 29.2 Å². The summed E-state index contributed by atoms with van der Waals surface area (Å²) in [5.74, 6) is 2.08. The summed E-state index contributed by atoms with van der Waals surface area (Å²) in [5.41, 5.74) is 3.53. The van der Waals surface area contributed by atoms with E-state index in [9.17, 15) is 4.79 Å². The predicted molar refractivity (Wildman–Crippen MR) is 115 cm³/mol. The maximum absolute atomic E-state index is 13.1. The minimum atomic E-state index is 0.134. The van der Waals surface area contributed by atoms with Crippen molar-refractivity contribution in [1.82, 2.24) is 14.8 Å². The lowest BCUT2D eigenvalue weighted by atomic mass is 10.1. The van der Waals surface area contributed by atoms with Crippen molar-refractivity contribution in [3.8, 4) is 0 Å². The number of nitrogens with zero attached hydrogens (tertiary/aromatic N) is 4. The number of rotatable bonds is 6. The second-order valence-electron chi connectivity index (χ2n) is 7.92. The molecule has 0 saturated heterocycles. The van der Waals surface area contributed by atoms with E-state index in [0.29, 0.717) is 11.7 Å². The van der Waals surface area contributed by atoms with Crippen molar-refractivity contribution in [3.63, 3.8) is 0 Å². The van der Waals surface area contributed by atoms with Crippen LogP contribution in [0, 0.1) is 0 Å². The van der Waals surface area contributed by atoms with Crippen LogP contribution in [0.5, 0.6) is 0 Å². The van der Waals surface area contributed by atoms with E-state index >= 15 is 0 Å². The zero-order valence-corrected chi connectivity index (χ0v) is 17.3. The Bertz CT molecular complexity index is 1030. The molecule has 2 aliphatic rings. The molecule has 1 aliphatic heterocycles. The average molecular weight is 405 g/mol. The third-order valence-corrected chi connectivity index (χ3v) is 6.62. The third-order valence-electron chi connectivity index (χ3n) is 5.67. The van der Waals surface area contributed by atoms with Gasteiger partial charge in [0.1, 0.15) is 5.82 Å². The predicted octanol–water partition coefficient (Wildman–Crippen LogP) is 4.27. The van der Waals surface area contributed by atoms with Gasteiger partial charge in [-0.05, 0) is 43.4 Å². The summed E-state index contributed by atoms with van der Waals surface area (Å²) in [6.45, 7) is 2.87. The smallest absolute Gasteiger partial charge is 0.237 e. The molecule has 5 nitrogen and oxygen atoms in total. The Balaban J connectivity index is 1.34. The fourth-order valence-electron chi connectivity index (χ4n) is 4.11. The molecule has 0 radical (unpaired) electrons. The van der Waals surface area contributed by atoms with Crippen LogP contribution in [0.1, 0.15) is 42.6 Å². The lowest BCUT2D eigenvalue weighted by Crippen LogP contribution is -2.37. The summed E-state index contributed by atoms with van der Waals surface area (Å²) in [7, 11) is 0. The van der Waals surface area contributed by atoms with E-state index in [2.05, 4.69) is 52.0 Å². The first-order chi connectivity index (χ1) is 14.2. The van der Waals surface area contributed by atoms with E-state index in [1.54, 1.807) is 0 Å². The van der Waals surface area contributed by atoms with Gasteiger partial charge in [-0.15, -0.1) is 10.2 Å². The number of carbonyl (C=O) groups excluding carboxylic acids is 1. The van der Waals surface area contributed by atoms with Gasteiger partial charge in [-0.3, -0.25) is 4.79 Å². The fraction of sp³-hybridized carbons (Fsp3) is 0.348. The van der Waals surface area contributed by atoms with Gasteiger partial charge in [-0.2, -0.15) is 0 Å². The highest BCUT2D eigenvalue weighted by molar-refractivity contribution is 7.99. The topological polar surface area (TPSA) is 51.0 Å². The highest BCUT2D eigenvalue weighted by atomic mass is 32.2. The summed E-state index contributed by atoms with van der Waals surface area (Å²) >= 11 is 1.50. The molecule has 5 rings (SSSR count). The minimum absolute atomic E-state index is 0.134. The molecule has 1 saturated carbocycles. The first-order valence-corrected chi connectivity index (χ1v) is 11.2. The van der Waals surface area contributed by atoms with Gasteiger partial charge in [0, 0.05) is 17.6 Å². The Morgan fingerprint density at radius 2 is 1.83 bits per heavy atom. The largest absolute Gasteiger partial charge is 0.308 e. The monoisotopic (exact) mass is 404 g/mol. The number of carbonyl (C=O) groups is 1. The minimum Gasteiger partial charge on any atom is -0.308 e. The SMILES string of the molecule is CC1Cc2ccccc2N1C(=O)CSc1nnc(C2CC2)n1Cc1ccccc1. The van der Waals surface area contributed by atoms with Crippen LogP contribution in [0.3, 0.4) is 0 Å². The van der Waals surface area contributed by atoms with Crippen LogP contribution < -0.4 is 4.90 Å². The second-order valence-corrected chi connectivity index (χ2v) is 8.86. The maximum Gasteiger partial charge on any atom is 0.237 e. The molecule has 2 heterocycles. The average Bonchev–Trinajstić information content (AvgIpc) is 3.41. The molecule has 1 fully saturated rings. The number of anilines is 1. The summed E-state index contributed by atoms with van der Waals surface area (Å²) in [4.78, 5) is 15.0. The van der Waals surface area contributed by atoms with E-state index in [1.165, 1.54) is 35.7 Å². The molecule has 1 unspecified atom stereocenters. The Kier molecular flexibility index (Phi) is 4.87. The molecule has 29 heavy (non-hydrogen) atoms. The van der Waals surface area contributed by atoms with Gasteiger partial charge in [0.05, 0.1) is 12.3 Å². The number of fused-ring (bicyclic) bond motifs is 1. The summed E-state index contributed by atoms with van der Waals surface area (Å²) in [6.07, 6.45) is 3.28. The van der Waals surface area contributed by atoms with E-state index in [4.69, 9.17) is 0 Å². The van der Waals surface area contributed by atoms with Gasteiger partial charge >= 0.3 is 0 Å². The number of aromatic nitrogens is 3. The van der Waals surface area contributed by atoms with Crippen LogP contribution >= 0.6 is 11.8 Å². The fourth-order valence-corrected chi connectivity index (χ4v) is 4.91. The highest BCUT2D eigenvalue weighted by Crippen LogP contribution is 2.40. The summed E-state index contributed by atoms with van der Waals surface area (Å²) in [6, 6.07) is 18.8. The van der Waals surface area contributed by atoms with Crippen LogP contribution in [-0.4, -0.2) is 32.5 Å². The van der Waals surface area contributed by atoms with Crippen molar-refractivity contribution in [2.75, 3.05) is 10.7 Å². The molecule has 3 aromatic rings. The molecule has 1 aliphatic carbocycles. The van der Waals surface area contributed by atoms with E-state index in [-0.39, 0.29) is 11.9 Å². The van der Waals surface area contributed by atoms with Gasteiger partial charge in [-0.25, -0.2) is 0 Å². The molecule has 1 aromatic heterocycles. The molecule has 2 aromatic carbocycles. The van der Waals surface area contributed by atoms with Gasteiger partial charge in [-0.1, -0.05) is 60.3 Å². The Hall–Kier alpha value is -2.60. The molecule has 0 N–H and O–H groups in total. The normalized spacial score (nSPS) is 18.1. The summed E-state index contributed by atoms with van der Waals surface area (Å²) in [5, 5.41) is 9.75. The van der Waals surface area contributed by atoms with Gasteiger partial charge in [0.25, 0.3) is 0 Å².